The number of carbonyl (C=O) groups is 1. The van der Waals surface area contributed by atoms with Gasteiger partial charge in [0.15, 0.2) is 5.11 Å². The molecular weight excluding hydrogens is 338 g/mol. The van der Waals surface area contributed by atoms with Gasteiger partial charge in [0.2, 0.25) is 0 Å². The Bertz CT molecular complexity index is 557. The smallest absolute Gasteiger partial charge is 0.305 e. The molecule has 25 heavy (non-hydrogen) atoms. The van der Waals surface area contributed by atoms with Gasteiger partial charge in [-0.15, -0.1) is 0 Å². The third-order valence-electron chi connectivity index (χ3n) is 4.34. The van der Waals surface area contributed by atoms with Gasteiger partial charge in [-0.05, 0) is 49.3 Å². The van der Waals surface area contributed by atoms with E-state index in [9.17, 15) is 9.90 Å². The van der Waals surface area contributed by atoms with E-state index in [1.807, 2.05) is 12.1 Å². The average molecular weight is 365 g/mol. The van der Waals surface area contributed by atoms with Crippen molar-refractivity contribution in [2.75, 3.05) is 44.7 Å². The van der Waals surface area contributed by atoms with Gasteiger partial charge in [-0.2, -0.15) is 0 Å². The van der Waals surface area contributed by atoms with Crippen molar-refractivity contribution in [2.24, 2.45) is 0 Å². The van der Waals surface area contributed by atoms with Gasteiger partial charge in [0.25, 0.3) is 0 Å². The molecule has 0 radical (unpaired) electrons. The van der Waals surface area contributed by atoms with Crippen LogP contribution in [0.5, 0.6) is 5.75 Å². The molecular formula is C18H27N3O3S. The van der Waals surface area contributed by atoms with Crippen LogP contribution < -0.4 is 10.2 Å². The van der Waals surface area contributed by atoms with E-state index < -0.39 is 0 Å². The Morgan fingerprint density at radius 1 is 1.16 bits per heavy atom. The summed E-state index contributed by atoms with van der Waals surface area (Å²) in [5, 5.41) is 13.5. The van der Waals surface area contributed by atoms with E-state index in [4.69, 9.17) is 12.2 Å². The molecule has 0 amide bonds. The number of unbranched alkanes of at least 4 members (excludes halogenated alkanes) is 2. The van der Waals surface area contributed by atoms with E-state index in [0.29, 0.717) is 12.2 Å². The summed E-state index contributed by atoms with van der Waals surface area (Å²) in [5.41, 5.74) is 1.13. The maximum Gasteiger partial charge on any atom is 0.305 e. The van der Waals surface area contributed by atoms with Crippen LogP contribution >= 0.6 is 12.2 Å². The average Bonchev–Trinajstić information content (AvgIpc) is 2.65. The summed E-state index contributed by atoms with van der Waals surface area (Å²) in [5.74, 6) is 0.148. The largest absolute Gasteiger partial charge is 0.508 e. The van der Waals surface area contributed by atoms with E-state index in [1.54, 1.807) is 12.1 Å². The molecule has 0 aromatic heterocycles. The zero-order valence-electron chi connectivity index (χ0n) is 14.7. The van der Waals surface area contributed by atoms with Gasteiger partial charge in [0.1, 0.15) is 5.75 Å². The summed E-state index contributed by atoms with van der Waals surface area (Å²) in [6, 6.07) is 7.31. The fraction of sp³-hybridized carbons (Fsp3) is 0.556. The molecule has 1 aliphatic rings. The lowest BCUT2D eigenvalue weighted by molar-refractivity contribution is -0.140. The van der Waals surface area contributed by atoms with Crippen LogP contribution in [0.25, 0.3) is 0 Å². The van der Waals surface area contributed by atoms with Gasteiger partial charge >= 0.3 is 5.97 Å². The number of nitrogens with zero attached hydrogens (tertiary/aromatic N) is 2. The molecule has 6 nitrogen and oxygen atoms in total. The minimum absolute atomic E-state index is 0.144. The maximum absolute atomic E-state index is 11.0. The summed E-state index contributed by atoms with van der Waals surface area (Å²) in [6.45, 7) is 4.42. The summed E-state index contributed by atoms with van der Waals surface area (Å²) in [4.78, 5) is 15.5. The van der Waals surface area contributed by atoms with E-state index in [1.165, 1.54) is 7.11 Å². The Labute approximate surface area is 154 Å². The third kappa shape index (κ3) is 6.42. The van der Waals surface area contributed by atoms with Crippen LogP contribution in [0.4, 0.5) is 5.69 Å². The molecule has 1 aromatic carbocycles. The number of thiocarbonyl (C=S) groups is 1. The first kappa shape index (κ1) is 19.3. The Hall–Kier alpha value is -2.02. The van der Waals surface area contributed by atoms with Gasteiger partial charge in [-0.3, -0.25) is 4.79 Å². The first-order valence-electron chi connectivity index (χ1n) is 8.73. The van der Waals surface area contributed by atoms with Gasteiger partial charge in [-0.25, -0.2) is 0 Å². The molecule has 2 rings (SSSR count). The normalized spacial score (nSPS) is 14.3. The number of phenols is 1. The summed E-state index contributed by atoms with van der Waals surface area (Å²) < 4.78 is 4.62. The lowest BCUT2D eigenvalue weighted by Gasteiger charge is -2.37. The van der Waals surface area contributed by atoms with E-state index in [2.05, 4.69) is 19.9 Å². The lowest BCUT2D eigenvalue weighted by Crippen LogP contribution is -2.51. The number of esters is 1. The Balaban J connectivity index is 1.61. The highest BCUT2D eigenvalue weighted by Gasteiger charge is 2.18. The Kier molecular flexibility index (Phi) is 7.78. The highest BCUT2D eigenvalue weighted by molar-refractivity contribution is 7.80. The number of ether oxygens (including phenoxy) is 1. The van der Waals surface area contributed by atoms with E-state index in [0.717, 1.165) is 62.8 Å². The van der Waals surface area contributed by atoms with Crippen LogP contribution in [0.3, 0.4) is 0 Å². The Morgan fingerprint density at radius 3 is 2.48 bits per heavy atom. The predicted octanol–water partition coefficient (Wildman–Crippen LogP) is 2.12. The zero-order valence-corrected chi connectivity index (χ0v) is 15.6. The van der Waals surface area contributed by atoms with Crippen LogP contribution in [0.15, 0.2) is 24.3 Å². The molecule has 0 aliphatic carbocycles. The minimum atomic E-state index is -0.144. The standard InChI is InChI=1S/C18H27N3O3S/c1-24-17(23)5-3-2-4-10-19-18(25)21-13-11-20(12-14-21)15-6-8-16(22)9-7-15/h6-9,22H,2-5,10-14H2,1H3,(H,19,25). The Morgan fingerprint density at radius 2 is 1.84 bits per heavy atom. The molecule has 0 bridgehead atoms. The second kappa shape index (κ2) is 10.1. The number of rotatable bonds is 7. The molecule has 1 heterocycles. The number of benzene rings is 1. The molecule has 0 atom stereocenters. The summed E-state index contributed by atoms with van der Waals surface area (Å²) in [6.07, 6.45) is 3.32. The topological polar surface area (TPSA) is 65.0 Å². The second-order valence-electron chi connectivity index (χ2n) is 6.11. The first-order valence-corrected chi connectivity index (χ1v) is 9.14. The van der Waals surface area contributed by atoms with E-state index in [-0.39, 0.29) is 5.97 Å². The molecule has 1 fully saturated rings. The van der Waals surface area contributed by atoms with Crippen molar-refractivity contribution in [2.45, 2.75) is 25.7 Å². The van der Waals surface area contributed by atoms with Crippen molar-refractivity contribution in [3.05, 3.63) is 24.3 Å². The van der Waals surface area contributed by atoms with Gasteiger partial charge in [-0.1, -0.05) is 6.42 Å². The van der Waals surface area contributed by atoms with Crippen molar-refractivity contribution < 1.29 is 14.6 Å². The molecule has 138 valence electrons. The second-order valence-corrected chi connectivity index (χ2v) is 6.50. The number of anilines is 1. The van der Waals surface area contributed by atoms with Crippen LogP contribution in [0, 0.1) is 0 Å². The van der Waals surface area contributed by atoms with Crippen molar-refractivity contribution in [1.82, 2.24) is 10.2 Å². The summed E-state index contributed by atoms with van der Waals surface area (Å²) in [7, 11) is 1.42. The lowest BCUT2D eigenvalue weighted by atomic mass is 10.2. The van der Waals surface area contributed by atoms with Crippen LogP contribution in [0.1, 0.15) is 25.7 Å². The van der Waals surface area contributed by atoms with Crippen molar-refractivity contribution in [3.8, 4) is 5.75 Å². The quantitative estimate of drug-likeness (QED) is 0.436. The predicted molar refractivity (Wildman–Crippen MR) is 103 cm³/mol. The molecule has 1 saturated heterocycles. The van der Waals surface area contributed by atoms with Crippen LogP contribution in [0.2, 0.25) is 0 Å². The SMILES string of the molecule is COC(=O)CCCCCNC(=S)N1CCN(c2ccc(O)cc2)CC1. The summed E-state index contributed by atoms with van der Waals surface area (Å²) >= 11 is 5.47. The highest BCUT2D eigenvalue weighted by Crippen LogP contribution is 2.19. The number of aromatic hydroxyl groups is 1. The van der Waals surface area contributed by atoms with Crippen molar-refractivity contribution >= 4 is 29.0 Å². The maximum atomic E-state index is 11.0. The minimum Gasteiger partial charge on any atom is -0.508 e. The fourth-order valence-electron chi connectivity index (χ4n) is 2.81. The molecule has 1 aliphatic heterocycles. The molecule has 0 saturated carbocycles. The first-order chi connectivity index (χ1) is 12.1. The number of hydrogen-bond donors (Lipinski definition) is 2. The van der Waals surface area contributed by atoms with Crippen LogP contribution in [-0.4, -0.2) is 60.9 Å². The third-order valence-corrected chi connectivity index (χ3v) is 4.75. The molecule has 0 unspecified atom stereocenters. The number of carbonyl (C=O) groups excluding carboxylic acids is 1. The molecule has 0 spiro atoms. The number of methoxy groups -OCH3 is 1. The van der Waals surface area contributed by atoms with Gasteiger partial charge < -0.3 is 25.0 Å². The fourth-order valence-corrected chi connectivity index (χ4v) is 3.10. The monoisotopic (exact) mass is 365 g/mol. The van der Waals surface area contributed by atoms with E-state index >= 15 is 0 Å². The van der Waals surface area contributed by atoms with Crippen LogP contribution in [-0.2, 0) is 9.53 Å². The zero-order chi connectivity index (χ0) is 18.1. The van der Waals surface area contributed by atoms with Crippen molar-refractivity contribution in [1.29, 1.82) is 0 Å². The van der Waals surface area contributed by atoms with Gasteiger partial charge in [0.05, 0.1) is 7.11 Å². The van der Waals surface area contributed by atoms with Gasteiger partial charge in [0, 0.05) is 44.8 Å². The van der Waals surface area contributed by atoms with Crippen molar-refractivity contribution in [3.63, 3.8) is 0 Å². The number of piperazine rings is 1. The molecule has 1 aromatic rings. The molecule has 2 N–H and O–H groups in total. The molecule has 7 heteroatoms. The number of nitrogens with one attached hydrogen (secondary N) is 1. The highest BCUT2D eigenvalue weighted by atomic mass is 32.1. The number of phenolic OH excluding ortho intramolecular Hbond substituents is 1. The number of hydrogen-bond acceptors (Lipinski definition) is 5.